The number of nitrogens with two attached hydrogens (primary N) is 1. The number of carbonyl (C=O) groups is 1. The smallest absolute Gasteiger partial charge is 0.236 e. The molecule has 0 fully saturated rings. The maximum atomic E-state index is 11.3. The van der Waals surface area contributed by atoms with Gasteiger partial charge < -0.3 is 20.4 Å². The Labute approximate surface area is 124 Å². The van der Waals surface area contributed by atoms with E-state index in [0.717, 1.165) is 30.1 Å². The Hall–Kier alpha value is -2.08. The zero-order valence-electron chi connectivity index (χ0n) is 12.7. The first kappa shape index (κ1) is 15.3. The number of fused-ring (bicyclic) bond motifs is 1. The van der Waals surface area contributed by atoms with Gasteiger partial charge in [0.25, 0.3) is 0 Å². The highest BCUT2D eigenvalue weighted by atomic mass is 16.1. The highest BCUT2D eigenvalue weighted by Crippen LogP contribution is 2.21. The minimum absolute atomic E-state index is 0.182. The quantitative estimate of drug-likeness (QED) is 0.715. The van der Waals surface area contributed by atoms with Crippen molar-refractivity contribution in [2.24, 2.45) is 5.73 Å². The van der Waals surface area contributed by atoms with Crippen molar-refractivity contribution in [2.45, 2.75) is 26.8 Å². The van der Waals surface area contributed by atoms with Crippen molar-refractivity contribution < 1.29 is 4.79 Å². The van der Waals surface area contributed by atoms with E-state index in [4.69, 9.17) is 5.73 Å². The summed E-state index contributed by atoms with van der Waals surface area (Å²) in [6, 6.07) is 5.90. The van der Waals surface area contributed by atoms with Crippen LogP contribution >= 0.6 is 0 Å². The van der Waals surface area contributed by atoms with Gasteiger partial charge in [0.1, 0.15) is 5.65 Å². The summed E-state index contributed by atoms with van der Waals surface area (Å²) in [4.78, 5) is 17.8. The molecule has 2 aromatic rings. The third kappa shape index (κ3) is 3.52. The molecule has 0 atom stereocenters. The van der Waals surface area contributed by atoms with E-state index in [1.165, 1.54) is 0 Å². The summed E-state index contributed by atoms with van der Waals surface area (Å²) in [6.45, 7) is 6.66. The number of nitrogens with zero attached hydrogens (tertiary/aromatic N) is 3. The van der Waals surface area contributed by atoms with E-state index in [1.54, 1.807) is 0 Å². The van der Waals surface area contributed by atoms with Crippen LogP contribution in [0.4, 0.5) is 5.82 Å². The van der Waals surface area contributed by atoms with Crippen molar-refractivity contribution in [3.05, 3.63) is 30.1 Å². The molecule has 0 aromatic carbocycles. The van der Waals surface area contributed by atoms with Crippen molar-refractivity contribution in [3.8, 4) is 0 Å². The van der Waals surface area contributed by atoms with Gasteiger partial charge >= 0.3 is 0 Å². The Morgan fingerprint density at radius 2 is 2.24 bits per heavy atom. The molecule has 0 radical (unpaired) electrons. The number of rotatable bonds is 8. The first-order valence-corrected chi connectivity index (χ1v) is 7.37. The van der Waals surface area contributed by atoms with Crippen molar-refractivity contribution in [1.29, 1.82) is 0 Å². The number of anilines is 1. The number of hydrogen-bond acceptors (Lipinski definition) is 4. The summed E-state index contributed by atoms with van der Waals surface area (Å²) >= 11 is 0. The summed E-state index contributed by atoms with van der Waals surface area (Å²) < 4.78 is 2.06. The molecule has 0 spiro atoms. The zero-order valence-corrected chi connectivity index (χ0v) is 12.7. The Morgan fingerprint density at radius 3 is 2.90 bits per heavy atom. The molecule has 2 heterocycles. The molecule has 0 aliphatic carbocycles. The van der Waals surface area contributed by atoms with Crippen LogP contribution in [0.5, 0.6) is 0 Å². The van der Waals surface area contributed by atoms with Gasteiger partial charge in [0.15, 0.2) is 5.82 Å². The Balaban J connectivity index is 2.39. The number of primary amides is 1. The Morgan fingerprint density at radius 1 is 1.43 bits per heavy atom. The van der Waals surface area contributed by atoms with E-state index in [9.17, 15) is 4.79 Å². The van der Waals surface area contributed by atoms with Crippen LogP contribution in [0.25, 0.3) is 5.65 Å². The number of likely N-dealkylation sites (N-methyl/N-ethyl adjacent to an activating group) is 1. The van der Waals surface area contributed by atoms with Crippen molar-refractivity contribution in [2.75, 3.05) is 24.5 Å². The van der Waals surface area contributed by atoms with Crippen LogP contribution in [0.2, 0.25) is 0 Å². The second-order valence-corrected chi connectivity index (χ2v) is 4.97. The average Bonchev–Trinajstić information content (AvgIpc) is 2.84. The molecule has 6 nitrogen and oxygen atoms in total. The molecule has 1 amide bonds. The monoisotopic (exact) mass is 289 g/mol. The summed E-state index contributed by atoms with van der Waals surface area (Å²) in [5.41, 5.74) is 7.28. The zero-order chi connectivity index (χ0) is 15.2. The molecular weight excluding hydrogens is 266 g/mol. The Kier molecular flexibility index (Phi) is 5.16. The van der Waals surface area contributed by atoms with E-state index >= 15 is 0 Å². The average molecular weight is 289 g/mol. The molecule has 0 aliphatic rings. The van der Waals surface area contributed by atoms with Crippen LogP contribution in [0.3, 0.4) is 0 Å². The standard InChI is InChI=1S/C15H23N5O/c1-3-8-17-10-12-15(19(4-2)11-13(16)21)18-14-7-5-6-9-20(12)14/h5-7,9,17H,3-4,8,10-11H2,1-2H3,(H2,16,21). The normalized spacial score (nSPS) is 11.0. The topological polar surface area (TPSA) is 75.7 Å². The van der Waals surface area contributed by atoms with Gasteiger partial charge in [-0.25, -0.2) is 4.98 Å². The van der Waals surface area contributed by atoms with Crippen LogP contribution < -0.4 is 16.0 Å². The van der Waals surface area contributed by atoms with Gasteiger partial charge in [-0.2, -0.15) is 0 Å². The maximum Gasteiger partial charge on any atom is 0.236 e. The fourth-order valence-electron chi connectivity index (χ4n) is 2.36. The third-order valence-electron chi connectivity index (χ3n) is 3.35. The third-order valence-corrected chi connectivity index (χ3v) is 3.35. The number of imidazole rings is 1. The van der Waals surface area contributed by atoms with E-state index in [2.05, 4.69) is 21.6 Å². The van der Waals surface area contributed by atoms with E-state index in [0.29, 0.717) is 13.1 Å². The number of nitrogens with one attached hydrogen (secondary N) is 1. The van der Waals surface area contributed by atoms with Crippen LogP contribution in [0.15, 0.2) is 24.4 Å². The molecule has 0 unspecified atom stereocenters. The molecule has 21 heavy (non-hydrogen) atoms. The largest absolute Gasteiger partial charge is 0.368 e. The fourth-order valence-corrected chi connectivity index (χ4v) is 2.36. The van der Waals surface area contributed by atoms with Gasteiger partial charge in [0.05, 0.1) is 12.2 Å². The van der Waals surface area contributed by atoms with E-state index < -0.39 is 0 Å². The number of carbonyl (C=O) groups excluding carboxylic acids is 1. The van der Waals surface area contributed by atoms with Crippen molar-refractivity contribution >= 4 is 17.4 Å². The second kappa shape index (κ2) is 7.08. The lowest BCUT2D eigenvalue weighted by Crippen LogP contribution is -2.34. The molecule has 2 aromatic heterocycles. The van der Waals surface area contributed by atoms with Crippen LogP contribution in [0, 0.1) is 0 Å². The van der Waals surface area contributed by atoms with Crippen LogP contribution in [-0.2, 0) is 11.3 Å². The molecular formula is C15H23N5O. The molecule has 0 saturated heterocycles. The SMILES string of the molecule is CCCNCc1c(N(CC)CC(N)=O)nc2ccccn12. The van der Waals surface area contributed by atoms with E-state index in [1.807, 2.05) is 36.2 Å². The van der Waals surface area contributed by atoms with Gasteiger partial charge in [0.2, 0.25) is 5.91 Å². The first-order valence-electron chi connectivity index (χ1n) is 7.37. The minimum Gasteiger partial charge on any atom is -0.368 e. The van der Waals surface area contributed by atoms with E-state index in [-0.39, 0.29) is 12.5 Å². The molecule has 0 saturated carbocycles. The van der Waals surface area contributed by atoms with Gasteiger partial charge in [-0.15, -0.1) is 0 Å². The highest BCUT2D eigenvalue weighted by Gasteiger charge is 2.18. The Bertz CT molecular complexity index is 607. The lowest BCUT2D eigenvalue weighted by molar-refractivity contribution is -0.116. The molecule has 6 heteroatoms. The van der Waals surface area contributed by atoms with Crippen molar-refractivity contribution in [3.63, 3.8) is 0 Å². The van der Waals surface area contributed by atoms with Crippen LogP contribution in [-0.4, -0.2) is 34.9 Å². The van der Waals surface area contributed by atoms with Gasteiger partial charge in [-0.05, 0) is 32.0 Å². The molecule has 3 N–H and O–H groups in total. The predicted octanol–water partition coefficient (Wildman–Crippen LogP) is 1.15. The number of pyridine rings is 1. The number of amides is 1. The van der Waals surface area contributed by atoms with Gasteiger partial charge in [0, 0.05) is 19.3 Å². The molecule has 0 bridgehead atoms. The summed E-state index contributed by atoms with van der Waals surface area (Å²) in [5.74, 6) is 0.479. The van der Waals surface area contributed by atoms with Gasteiger partial charge in [-0.1, -0.05) is 13.0 Å². The summed E-state index contributed by atoms with van der Waals surface area (Å²) in [5, 5.41) is 3.40. The summed E-state index contributed by atoms with van der Waals surface area (Å²) in [6.07, 6.45) is 3.07. The number of hydrogen-bond donors (Lipinski definition) is 2. The first-order chi connectivity index (χ1) is 10.2. The van der Waals surface area contributed by atoms with Crippen molar-refractivity contribution in [1.82, 2.24) is 14.7 Å². The lowest BCUT2D eigenvalue weighted by Gasteiger charge is -2.20. The molecule has 2 rings (SSSR count). The fraction of sp³-hybridized carbons (Fsp3) is 0.467. The minimum atomic E-state index is -0.346. The maximum absolute atomic E-state index is 11.3. The number of aromatic nitrogens is 2. The summed E-state index contributed by atoms with van der Waals surface area (Å²) in [7, 11) is 0. The molecule has 0 aliphatic heterocycles. The predicted molar refractivity (Wildman–Crippen MR) is 84.3 cm³/mol. The molecule has 114 valence electrons. The van der Waals surface area contributed by atoms with Gasteiger partial charge in [-0.3, -0.25) is 4.79 Å². The van der Waals surface area contributed by atoms with Crippen LogP contribution in [0.1, 0.15) is 26.0 Å². The lowest BCUT2D eigenvalue weighted by atomic mass is 10.3. The highest BCUT2D eigenvalue weighted by molar-refractivity contribution is 5.79. The second-order valence-electron chi connectivity index (χ2n) is 4.97.